The summed E-state index contributed by atoms with van der Waals surface area (Å²) in [6.07, 6.45) is 1.28. The highest BCUT2D eigenvalue weighted by atomic mass is 19.3. The van der Waals surface area contributed by atoms with Crippen LogP contribution in [0.25, 0.3) is 0 Å². The van der Waals surface area contributed by atoms with E-state index in [0.29, 0.717) is 50.6 Å². The van der Waals surface area contributed by atoms with Crippen LogP contribution in [0.4, 0.5) is 23.7 Å². The minimum atomic E-state index is -3.21. The predicted octanol–water partition coefficient (Wildman–Crippen LogP) is 6.71. The van der Waals surface area contributed by atoms with Crippen molar-refractivity contribution in [2.45, 2.75) is 59.2 Å². The first kappa shape index (κ1) is 29.6. The summed E-state index contributed by atoms with van der Waals surface area (Å²) in [7, 11) is 0. The second-order valence-electron chi connectivity index (χ2n) is 12.4. The Balaban J connectivity index is 1.33. The lowest BCUT2D eigenvalue weighted by Gasteiger charge is -2.43. The van der Waals surface area contributed by atoms with Crippen molar-refractivity contribution < 1.29 is 27.4 Å². The normalized spacial score (nSPS) is 17.9. The number of nitrogens with zero attached hydrogens (tertiary/aromatic N) is 3. The number of hydrogen-bond donors (Lipinski definition) is 0. The number of rotatable bonds is 7. The molecule has 0 aromatic heterocycles. The Bertz CT molecular complexity index is 1200. The van der Waals surface area contributed by atoms with Crippen LogP contribution in [0.2, 0.25) is 0 Å². The second-order valence-corrected chi connectivity index (χ2v) is 12.4. The van der Waals surface area contributed by atoms with Crippen molar-refractivity contribution in [1.82, 2.24) is 9.80 Å². The highest BCUT2D eigenvalue weighted by Crippen LogP contribution is 2.35. The molecule has 0 unspecified atom stereocenters. The van der Waals surface area contributed by atoms with Gasteiger partial charge < -0.3 is 19.3 Å². The summed E-state index contributed by atoms with van der Waals surface area (Å²) in [6.45, 7) is 10.8. The molecule has 218 valence electrons. The fraction of sp³-hybridized carbons (Fsp3) is 0.516. The molecule has 0 aliphatic carbocycles. The Morgan fingerprint density at radius 2 is 1.60 bits per heavy atom. The van der Waals surface area contributed by atoms with Gasteiger partial charge in [0, 0.05) is 38.8 Å². The summed E-state index contributed by atoms with van der Waals surface area (Å²) in [4.78, 5) is 17.3. The van der Waals surface area contributed by atoms with Gasteiger partial charge in [-0.15, -0.1) is 0 Å². The van der Waals surface area contributed by atoms with Crippen molar-refractivity contribution in [3.63, 3.8) is 0 Å². The molecule has 1 saturated heterocycles. The van der Waals surface area contributed by atoms with Gasteiger partial charge in [-0.3, -0.25) is 4.90 Å². The van der Waals surface area contributed by atoms with Crippen molar-refractivity contribution in [3.05, 3.63) is 71.7 Å². The number of halogens is 3. The molecule has 2 aliphatic rings. The van der Waals surface area contributed by atoms with Gasteiger partial charge in [0.15, 0.2) is 0 Å². The number of piperazine rings is 1. The molecule has 9 heteroatoms. The predicted molar refractivity (Wildman–Crippen MR) is 150 cm³/mol. The highest BCUT2D eigenvalue weighted by Gasteiger charge is 2.45. The molecule has 0 atom stereocenters. The fourth-order valence-corrected chi connectivity index (χ4v) is 5.61. The quantitative estimate of drug-likeness (QED) is 0.377. The van der Waals surface area contributed by atoms with Gasteiger partial charge in [-0.2, -0.15) is 8.78 Å². The number of carbonyl (C=O) groups is 1. The molecule has 2 heterocycles. The van der Waals surface area contributed by atoms with Crippen LogP contribution in [-0.2, 0) is 11.3 Å². The van der Waals surface area contributed by atoms with Gasteiger partial charge in [0.2, 0.25) is 0 Å². The molecule has 6 nitrogen and oxygen atoms in total. The van der Waals surface area contributed by atoms with E-state index < -0.39 is 30.0 Å². The minimum Gasteiger partial charge on any atom is -0.489 e. The minimum absolute atomic E-state index is 0.0502. The summed E-state index contributed by atoms with van der Waals surface area (Å²) in [6, 6.07) is 14.4. The highest BCUT2D eigenvalue weighted by molar-refractivity contribution is 5.69. The monoisotopic (exact) mass is 559 g/mol. The Labute approximate surface area is 235 Å². The largest absolute Gasteiger partial charge is 0.489 e. The lowest BCUT2D eigenvalue weighted by atomic mass is 9.84. The van der Waals surface area contributed by atoms with E-state index in [4.69, 9.17) is 9.47 Å². The maximum absolute atomic E-state index is 15.2. The Morgan fingerprint density at radius 3 is 2.20 bits per heavy atom. The molecule has 0 spiro atoms. The van der Waals surface area contributed by atoms with Gasteiger partial charge in [0.05, 0.1) is 17.9 Å². The third-order valence-corrected chi connectivity index (χ3v) is 6.98. The van der Waals surface area contributed by atoms with Crippen LogP contribution in [0.5, 0.6) is 5.75 Å². The van der Waals surface area contributed by atoms with E-state index in [1.807, 2.05) is 56.0 Å². The molecule has 0 bridgehead atoms. The Kier molecular flexibility index (Phi) is 8.61. The number of alkyl halides is 2. The third-order valence-electron chi connectivity index (χ3n) is 6.98. The molecule has 2 aliphatic heterocycles. The lowest BCUT2D eigenvalue weighted by molar-refractivity contribution is -0.0494. The van der Waals surface area contributed by atoms with Gasteiger partial charge in [0.25, 0.3) is 0 Å². The fourth-order valence-electron chi connectivity index (χ4n) is 5.61. The first-order chi connectivity index (χ1) is 18.7. The second kappa shape index (κ2) is 11.6. The smallest absolute Gasteiger partial charge is 0.410 e. The van der Waals surface area contributed by atoms with E-state index in [1.54, 1.807) is 30.9 Å². The van der Waals surface area contributed by atoms with Gasteiger partial charge >= 0.3 is 12.0 Å². The zero-order chi connectivity index (χ0) is 29.1. The van der Waals surface area contributed by atoms with Crippen LogP contribution in [0.1, 0.15) is 46.6 Å². The number of anilines is 1. The van der Waals surface area contributed by atoms with E-state index >= 15 is 8.78 Å². The SMILES string of the molecule is CC(C)(C)CC(C)(C)OC(=O)N1CC=C(N2CCN(c3ccc(OCc4ccccc4)cc3F)CC2)C(F)(F)C1. The zero-order valence-corrected chi connectivity index (χ0v) is 24.1. The molecule has 2 aromatic carbocycles. The molecule has 0 saturated carbocycles. The van der Waals surface area contributed by atoms with Crippen LogP contribution in [-0.4, -0.2) is 66.7 Å². The topological polar surface area (TPSA) is 45.2 Å². The summed E-state index contributed by atoms with van der Waals surface area (Å²) in [5, 5.41) is 0. The van der Waals surface area contributed by atoms with Crippen LogP contribution in [0.3, 0.4) is 0 Å². The molecular weight excluding hydrogens is 519 g/mol. The van der Waals surface area contributed by atoms with E-state index in [-0.39, 0.29) is 17.7 Å². The van der Waals surface area contributed by atoms with Crippen molar-refractivity contribution >= 4 is 11.8 Å². The Morgan fingerprint density at radius 1 is 0.950 bits per heavy atom. The number of hydrogen-bond acceptors (Lipinski definition) is 5. The van der Waals surface area contributed by atoms with E-state index in [2.05, 4.69) is 0 Å². The van der Waals surface area contributed by atoms with Crippen LogP contribution in [0, 0.1) is 11.2 Å². The van der Waals surface area contributed by atoms with E-state index in [1.165, 1.54) is 12.1 Å². The van der Waals surface area contributed by atoms with Gasteiger partial charge in [-0.25, -0.2) is 9.18 Å². The molecule has 1 amide bonds. The molecule has 4 rings (SSSR count). The first-order valence-electron chi connectivity index (χ1n) is 13.8. The lowest BCUT2D eigenvalue weighted by Crippen LogP contribution is -2.54. The van der Waals surface area contributed by atoms with E-state index in [0.717, 1.165) is 10.5 Å². The van der Waals surface area contributed by atoms with Crippen LogP contribution >= 0.6 is 0 Å². The summed E-state index contributed by atoms with van der Waals surface area (Å²) >= 11 is 0. The van der Waals surface area contributed by atoms with E-state index in [9.17, 15) is 9.18 Å². The van der Waals surface area contributed by atoms with Crippen molar-refractivity contribution in [2.75, 3.05) is 44.2 Å². The average Bonchev–Trinajstić information content (AvgIpc) is 2.86. The molecule has 1 fully saturated rings. The first-order valence-corrected chi connectivity index (χ1v) is 13.8. The average molecular weight is 560 g/mol. The van der Waals surface area contributed by atoms with Gasteiger partial charge in [-0.05, 0) is 49.5 Å². The summed E-state index contributed by atoms with van der Waals surface area (Å²) < 4.78 is 56.8. The number of carbonyl (C=O) groups excluding carboxylic acids is 1. The maximum Gasteiger partial charge on any atom is 0.410 e. The van der Waals surface area contributed by atoms with Crippen molar-refractivity contribution in [1.29, 1.82) is 0 Å². The third kappa shape index (κ3) is 7.64. The summed E-state index contributed by atoms with van der Waals surface area (Å²) in [5.74, 6) is -3.19. The maximum atomic E-state index is 15.2. The van der Waals surface area contributed by atoms with Crippen LogP contribution in [0.15, 0.2) is 60.3 Å². The zero-order valence-electron chi connectivity index (χ0n) is 24.1. The molecule has 0 N–H and O–H groups in total. The van der Waals surface area contributed by atoms with Gasteiger partial charge in [0.1, 0.15) is 23.8 Å². The van der Waals surface area contributed by atoms with Gasteiger partial charge in [-0.1, -0.05) is 51.1 Å². The standard InChI is InChI=1S/C31H40F3N3O3/c1-29(2,3)21-30(4,5)40-28(38)37-14-13-27(31(33,34)22-37)36-17-15-35(16-18-36)26-12-11-24(19-25(26)32)39-20-23-9-7-6-8-10-23/h6-13,19H,14-18,20-22H2,1-5H3. The number of benzene rings is 2. The van der Waals surface area contributed by atoms with Crippen LogP contribution < -0.4 is 9.64 Å². The van der Waals surface area contributed by atoms with Crippen molar-refractivity contribution in [3.8, 4) is 5.75 Å². The van der Waals surface area contributed by atoms with Crippen molar-refractivity contribution in [2.24, 2.45) is 5.41 Å². The number of ether oxygens (including phenoxy) is 2. The molecule has 2 aromatic rings. The summed E-state index contributed by atoms with van der Waals surface area (Å²) in [5.41, 5.74) is 0.470. The molecule has 40 heavy (non-hydrogen) atoms. The molecular formula is C31H40F3N3O3. The molecule has 0 radical (unpaired) electrons. The Hall–Kier alpha value is -3.36. The number of amides is 1.